The molecule has 2 rings (SSSR count). The summed E-state index contributed by atoms with van der Waals surface area (Å²) in [5.74, 6) is -2.10. The summed E-state index contributed by atoms with van der Waals surface area (Å²) >= 11 is 0. The lowest BCUT2D eigenvalue weighted by molar-refractivity contribution is -0.139. The smallest absolute Gasteiger partial charge is 0.341 e. The van der Waals surface area contributed by atoms with Crippen LogP contribution in [0.15, 0.2) is 54.1 Å². The Labute approximate surface area is 142 Å². The number of carbonyl (C=O) groups excluding carboxylic acids is 1. The Morgan fingerprint density at radius 2 is 1.88 bits per heavy atom. The number of halogens is 1. The van der Waals surface area contributed by atoms with E-state index in [4.69, 9.17) is 15.1 Å². The van der Waals surface area contributed by atoms with Crippen LogP contribution in [0.1, 0.15) is 5.56 Å². The number of carboxylic acids is 1. The molecule has 126 valence electrons. The topological polar surface area (TPSA) is 99.4 Å². The van der Waals surface area contributed by atoms with Crippen LogP contribution in [0.25, 0.3) is 6.08 Å². The number of amides is 1. The number of aliphatic carboxylic acids is 1. The highest BCUT2D eigenvalue weighted by Gasteiger charge is 2.11. The third-order valence-electron chi connectivity index (χ3n) is 3.04. The molecule has 0 unspecified atom stereocenters. The number of para-hydroxylation sites is 1. The van der Waals surface area contributed by atoms with Gasteiger partial charge in [-0.25, -0.2) is 9.18 Å². The number of carbonyl (C=O) groups is 2. The Hall–Kier alpha value is -3.66. The Kier molecular flexibility index (Phi) is 5.85. The molecular formula is C18H13FN2O4. The first kappa shape index (κ1) is 17.7. The van der Waals surface area contributed by atoms with E-state index in [2.05, 4.69) is 5.32 Å². The van der Waals surface area contributed by atoms with Crippen LogP contribution >= 0.6 is 0 Å². The van der Waals surface area contributed by atoms with Gasteiger partial charge in [0, 0.05) is 0 Å². The number of nitrogens with one attached hydrogen (secondary N) is 1. The highest BCUT2D eigenvalue weighted by atomic mass is 19.1. The van der Waals surface area contributed by atoms with Crippen molar-refractivity contribution in [2.24, 2.45) is 0 Å². The molecule has 6 nitrogen and oxygen atoms in total. The number of hydrogen-bond acceptors (Lipinski definition) is 4. The van der Waals surface area contributed by atoms with Crippen molar-refractivity contribution in [3.05, 3.63) is 65.5 Å². The van der Waals surface area contributed by atoms with Crippen molar-refractivity contribution in [2.75, 3.05) is 11.9 Å². The van der Waals surface area contributed by atoms with Crippen molar-refractivity contribution >= 4 is 23.6 Å². The Morgan fingerprint density at radius 3 is 2.48 bits per heavy atom. The van der Waals surface area contributed by atoms with Crippen LogP contribution in [0.5, 0.6) is 5.75 Å². The highest BCUT2D eigenvalue weighted by molar-refractivity contribution is 6.09. The van der Waals surface area contributed by atoms with E-state index in [1.165, 1.54) is 36.4 Å². The standard InChI is InChI=1S/C18H13FN2O4/c19-15-3-1-2-4-16(15)21-18(24)13(10-20)9-12-5-7-14(8-6-12)25-11-17(22)23/h1-9H,11H2,(H,21,24)(H,22,23)/b13-9+. The van der Waals surface area contributed by atoms with Gasteiger partial charge in [0.2, 0.25) is 0 Å². The summed E-state index contributed by atoms with van der Waals surface area (Å²) in [6.45, 7) is -0.469. The van der Waals surface area contributed by atoms with E-state index in [9.17, 15) is 14.0 Å². The number of hydrogen-bond donors (Lipinski definition) is 2. The third-order valence-corrected chi connectivity index (χ3v) is 3.04. The van der Waals surface area contributed by atoms with Crippen LogP contribution in [0.4, 0.5) is 10.1 Å². The summed E-state index contributed by atoms with van der Waals surface area (Å²) in [6.07, 6.45) is 1.33. The second-order valence-electron chi connectivity index (χ2n) is 4.86. The predicted molar refractivity (Wildman–Crippen MR) is 88.2 cm³/mol. The van der Waals surface area contributed by atoms with Crippen LogP contribution in [-0.2, 0) is 9.59 Å². The van der Waals surface area contributed by atoms with Gasteiger partial charge in [-0.3, -0.25) is 4.79 Å². The number of rotatable bonds is 6. The maximum absolute atomic E-state index is 13.5. The molecule has 0 aliphatic carbocycles. The molecule has 0 fully saturated rings. The van der Waals surface area contributed by atoms with Gasteiger partial charge < -0.3 is 15.2 Å². The number of anilines is 1. The Balaban J connectivity index is 2.11. The van der Waals surface area contributed by atoms with E-state index < -0.39 is 24.3 Å². The average molecular weight is 340 g/mol. The number of nitrogens with zero attached hydrogens (tertiary/aromatic N) is 1. The van der Waals surface area contributed by atoms with Gasteiger partial charge in [-0.2, -0.15) is 5.26 Å². The van der Waals surface area contributed by atoms with Crippen molar-refractivity contribution in [1.29, 1.82) is 5.26 Å². The summed E-state index contributed by atoms with van der Waals surface area (Å²) in [5.41, 5.74) is 0.302. The molecule has 0 aliphatic heterocycles. The molecule has 0 saturated heterocycles. The molecule has 0 bridgehead atoms. The van der Waals surface area contributed by atoms with Crippen molar-refractivity contribution in [1.82, 2.24) is 0 Å². The second-order valence-corrected chi connectivity index (χ2v) is 4.86. The summed E-state index contributed by atoms with van der Waals surface area (Å²) in [6, 6.07) is 13.5. The number of ether oxygens (including phenoxy) is 1. The highest BCUT2D eigenvalue weighted by Crippen LogP contribution is 2.17. The van der Waals surface area contributed by atoms with E-state index in [-0.39, 0.29) is 11.3 Å². The summed E-state index contributed by atoms with van der Waals surface area (Å²) in [4.78, 5) is 22.5. The molecule has 25 heavy (non-hydrogen) atoms. The fourth-order valence-corrected chi connectivity index (χ4v) is 1.87. The zero-order valence-corrected chi connectivity index (χ0v) is 12.9. The number of carboxylic acid groups (broad SMARTS) is 1. The molecule has 0 saturated carbocycles. The van der Waals surface area contributed by atoms with Crippen LogP contribution in [0, 0.1) is 17.1 Å². The van der Waals surface area contributed by atoms with E-state index in [0.717, 1.165) is 0 Å². The quantitative estimate of drug-likeness (QED) is 0.622. The van der Waals surface area contributed by atoms with Gasteiger partial charge in [0.25, 0.3) is 5.91 Å². The van der Waals surface area contributed by atoms with Gasteiger partial charge in [0.05, 0.1) is 5.69 Å². The van der Waals surface area contributed by atoms with Gasteiger partial charge >= 0.3 is 5.97 Å². The van der Waals surface area contributed by atoms with E-state index in [0.29, 0.717) is 11.3 Å². The molecule has 0 spiro atoms. The molecule has 0 aliphatic rings. The van der Waals surface area contributed by atoms with Gasteiger partial charge in [-0.15, -0.1) is 0 Å². The van der Waals surface area contributed by atoms with Gasteiger partial charge in [0.15, 0.2) is 6.61 Å². The van der Waals surface area contributed by atoms with E-state index >= 15 is 0 Å². The first-order valence-corrected chi connectivity index (χ1v) is 7.12. The van der Waals surface area contributed by atoms with Crippen LogP contribution < -0.4 is 10.1 Å². The maximum Gasteiger partial charge on any atom is 0.341 e. The largest absolute Gasteiger partial charge is 0.482 e. The molecule has 0 heterocycles. The number of nitriles is 1. The molecule has 2 aromatic carbocycles. The summed E-state index contributed by atoms with van der Waals surface area (Å²) < 4.78 is 18.5. The molecule has 1 amide bonds. The Morgan fingerprint density at radius 1 is 1.20 bits per heavy atom. The number of benzene rings is 2. The first-order valence-electron chi connectivity index (χ1n) is 7.12. The summed E-state index contributed by atoms with van der Waals surface area (Å²) in [7, 11) is 0. The first-order chi connectivity index (χ1) is 12.0. The van der Waals surface area contributed by atoms with Gasteiger partial charge in [-0.1, -0.05) is 24.3 Å². The second kappa shape index (κ2) is 8.26. The van der Waals surface area contributed by atoms with Crippen LogP contribution in [0.2, 0.25) is 0 Å². The van der Waals surface area contributed by atoms with Crippen molar-refractivity contribution in [2.45, 2.75) is 0 Å². The minimum absolute atomic E-state index is 0.0222. The molecule has 0 atom stereocenters. The van der Waals surface area contributed by atoms with Gasteiger partial charge in [-0.05, 0) is 35.9 Å². The SMILES string of the molecule is N#C/C(=C\c1ccc(OCC(=O)O)cc1)C(=O)Nc1ccccc1F. The zero-order valence-electron chi connectivity index (χ0n) is 12.9. The van der Waals surface area contributed by atoms with E-state index in [1.54, 1.807) is 24.3 Å². The minimum atomic E-state index is -1.10. The Bertz CT molecular complexity index is 854. The van der Waals surface area contributed by atoms with Crippen molar-refractivity contribution < 1.29 is 23.8 Å². The van der Waals surface area contributed by atoms with Crippen LogP contribution in [-0.4, -0.2) is 23.6 Å². The fraction of sp³-hybridized carbons (Fsp3) is 0.0556. The lowest BCUT2D eigenvalue weighted by Crippen LogP contribution is -2.14. The lowest BCUT2D eigenvalue weighted by Gasteiger charge is -2.06. The molecular weight excluding hydrogens is 327 g/mol. The summed E-state index contributed by atoms with van der Waals surface area (Å²) in [5, 5.41) is 20.0. The lowest BCUT2D eigenvalue weighted by atomic mass is 10.1. The molecule has 2 aromatic rings. The van der Waals surface area contributed by atoms with Crippen molar-refractivity contribution in [3.8, 4) is 11.8 Å². The molecule has 0 radical (unpaired) electrons. The monoisotopic (exact) mass is 340 g/mol. The molecule has 2 N–H and O–H groups in total. The zero-order chi connectivity index (χ0) is 18.2. The van der Waals surface area contributed by atoms with E-state index in [1.807, 2.05) is 0 Å². The molecule has 0 aromatic heterocycles. The molecule has 7 heteroatoms. The van der Waals surface area contributed by atoms with Crippen LogP contribution in [0.3, 0.4) is 0 Å². The fourth-order valence-electron chi connectivity index (χ4n) is 1.87. The normalized spacial score (nSPS) is 10.6. The van der Waals surface area contributed by atoms with Crippen molar-refractivity contribution in [3.63, 3.8) is 0 Å². The van der Waals surface area contributed by atoms with Gasteiger partial charge in [0.1, 0.15) is 23.2 Å². The predicted octanol–water partition coefficient (Wildman–Crippen LogP) is 2.83. The maximum atomic E-state index is 13.5. The third kappa shape index (κ3) is 5.18. The minimum Gasteiger partial charge on any atom is -0.482 e. The average Bonchev–Trinajstić information content (AvgIpc) is 2.60.